The number of carbonyl (C=O) groups excluding carboxylic acids is 2. The van der Waals surface area contributed by atoms with Gasteiger partial charge in [-0.1, -0.05) is 19.9 Å². The third-order valence-electron chi connectivity index (χ3n) is 4.52. The lowest BCUT2D eigenvalue weighted by Gasteiger charge is -2.26. The molecule has 1 atom stereocenters. The molecule has 0 bridgehead atoms. The van der Waals surface area contributed by atoms with Gasteiger partial charge in [-0.3, -0.25) is 14.5 Å². The molecule has 2 aromatic rings. The molecule has 6 nitrogen and oxygen atoms in total. The molecule has 1 amide bonds. The molecule has 2 N–H and O–H groups in total. The van der Waals surface area contributed by atoms with Crippen molar-refractivity contribution in [2.45, 2.75) is 40.2 Å². The summed E-state index contributed by atoms with van der Waals surface area (Å²) >= 11 is 0. The fraction of sp³-hybridized carbons (Fsp3) is 0.333. The van der Waals surface area contributed by atoms with E-state index in [2.05, 4.69) is 0 Å². The van der Waals surface area contributed by atoms with E-state index in [9.17, 15) is 19.8 Å². The number of anilines is 1. The Morgan fingerprint density at radius 2 is 1.89 bits per heavy atom. The number of aromatic hydroxyl groups is 1. The van der Waals surface area contributed by atoms with Crippen LogP contribution in [0.4, 0.5) is 5.69 Å². The van der Waals surface area contributed by atoms with Crippen LogP contribution in [0.1, 0.15) is 43.4 Å². The molecule has 0 spiro atoms. The lowest BCUT2D eigenvalue weighted by molar-refractivity contribution is -0.118. The van der Waals surface area contributed by atoms with Gasteiger partial charge >= 0.3 is 0 Å². The molecule has 1 aromatic heterocycles. The summed E-state index contributed by atoms with van der Waals surface area (Å²) < 4.78 is 5.70. The molecular formula is C21H23NO5. The second kappa shape index (κ2) is 6.95. The van der Waals surface area contributed by atoms with E-state index in [1.807, 2.05) is 20.8 Å². The van der Waals surface area contributed by atoms with Crippen molar-refractivity contribution in [3.05, 3.63) is 58.7 Å². The van der Waals surface area contributed by atoms with Gasteiger partial charge in [-0.25, -0.2) is 0 Å². The number of rotatable bonds is 5. The standard InChI is InChI=1S/C21H23NO5/c1-11(2)9-16(24)18-19(17-8-6-13(4)27-17)22(21(26)20(18)25)14-10-12(3)5-7-15(14)23/h5-8,10-11,19,23,25H,9H2,1-4H3. The van der Waals surface area contributed by atoms with Crippen molar-refractivity contribution in [1.82, 2.24) is 0 Å². The topological polar surface area (TPSA) is 91.0 Å². The number of amides is 1. The second-order valence-corrected chi connectivity index (χ2v) is 7.30. The number of aliphatic hydroxyl groups excluding tert-OH is 1. The number of aliphatic hydroxyl groups is 1. The SMILES string of the molecule is Cc1ccc(O)c(N2C(=O)C(O)=C(C(=O)CC(C)C)C2c2ccc(C)o2)c1. The summed E-state index contributed by atoms with van der Waals surface area (Å²) in [6, 6.07) is 7.31. The first kappa shape index (κ1) is 18.8. The maximum atomic E-state index is 12.9. The van der Waals surface area contributed by atoms with Crippen LogP contribution in [0.15, 0.2) is 46.1 Å². The summed E-state index contributed by atoms with van der Waals surface area (Å²) in [5.41, 5.74) is 1.05. The average molecular weight is 369 g/mol. The fourth-order valence-corrected chi connectivity index (χ4v) is 3.32. The molecule has 0 radical (unpaired) electrons. The molecule has 2 heterocycles. The average Bonchev–Trinajstić information content (AvgIpc) is 3.11. The van der Waals surface area contributed by atoms with Gasteiger partial charge in [0.1, 0.15) is 23.3 Å². The normalized spacial score (nSPS) is 17.3. The Morgan fingerprint density at radius 1 is 1.19 bits per heavy atom. The van der Waals surface area contributed by atoms with Crippen molar-refractivity contribution in [2.75, 3.05) is 4.90 Å². The summed E-state index contributed by atoms with van der Waals surface area (Å²) in [5.74, 6) is -0.723. The minimum atomic E-state index is -0.926. The first-order valence-corrected chi connectivity index (χ1v) is 8.86. The molecule has 1 unspecified atom stereocenters. The molecule has 27 heavy (non-hydrogen) atoms. The minimum Gasteiger partial charge on any atom is -0.506 e. The predicted molar refractivity (Wildman–Crippen MR) is 101 cm³/mol. The maximum Gasteiger partial charge on any atom is 0.294 e. The Labute approximate surface area is 157 Å². The summed E-state index contributed by atoms with van der Waals surface area (Å²) in [6.45, 7) is 7.37. The molecule has 0 aliphatic carbocycles. The molecule has 0 saturated heterocycles. The van der Waals surface area contributed by atoms with Gasteiger partial charge in [0.2, 0.25) is 0 Å². The summed E-state index contributed by atoms with van der Waals surface area (Å²) in [6.07, 6.45) is 0.191. The molecule has 6 heteroatoms. The molecular weight excluding hydrogens is 346 g/mol. The number of phenols is 1. The zero-order chi connectivity index (χ0) is 19.9. The zero-order valence-electron chi connectivity index (χ0n) is 15.8. The Hall–Kier alpha value is -3.02. The van der Waals surface area contributed by atoms with Crippen LogP contribution in [-0.2, 0) is 9.59 Å². The van der Waals surface area contributed by atoms with E-state index in [0.717, 1.165) is 5.56 Å². The summed E-state index contributed by atoms with van der Waals surface area (Å²) in [4.78, 5) is 26.9. The highest BCUT2D eigenvalue weighted by Crippen LogP contribution is 2.44. The zero-order valence-corrected chi connectivity index (χ0v) is 15.8. The van der Waals surface area contributed by atoms with Gasteiger partial charge in [0.25, 0.3) is 5.91 Å². The molecule has 1 aliphatic rings. The van der Waals surface area contributed by atoms with Crippen molar-refractivity contribution in [3.8, 4) is 5.75 Å². The number of aryl methyl sites for hydroxylation is 2. The highest BCUT2D eigenvalue weighted by atomic mass is 16.3. The van der Waals surface area contributed by atoms with Crippen molar-refractivity contribution >= 4 is 17.4 Å². The van der Waals surface area contributed by atoms with Gasteiger partial charge < -0.3 is 14.6 Å². The number of benzene rings is 1. The van der Waals surface area contributed by atoms with Gasteiger partial charge in [0.05, 0.1) is 11.3 Å². The summed E-state index contributed by atoms with van der Waals surface area (Å²) in [7, 11) is 0. The van der Waals surface area contributed by atoms with Crippen LogP contribution < -0.4 is 4.90 Å². The number of carbonyl (C=O) groups is 2. The predicted octanol–water partition coefficient (Wildman–Crippen LogP) is 4.12. The van der Waals surface area contributed by atoms with E-state index in [-0.39, 0.29) is 35.1 Å². The van der Waals surface area contributed by atoms with E-state index < -0.39 is 17.7 Å². The molecule has 0 fully saturated rings. The second-order valence-electron chi connectivity index (χ2n) is 7.30. The van der Waals surface area contributed by atoms with Crippen molar-refractivity contribution < 1.29 is 24.2 Å². The molecule has 0 saturated carbocycles. The number of furan rings is 1. The van der Waals surface area contributed by atoms with Crippen molar-refractivity contribution in [2.24, 2.45) is 5.92 Å². The largest absolute Gasteiger partial charge is 0.506 e. The van der Waals surface area contributed by atoms with E-state index in [0.29, 0.717) is 11.5 Å². The van der Waals surface area contributed by atoms with Crippen LogP contribution in [0.25, 0.3) is 0 Å². The lowest BCUT2D eigenvalue weighted by Crippen LogP contribution is -2.31. The van der Waals surface area contributed by atoms with Gasteiger partial charge in [0.15, 0.2) is 11.5 Å². The van der Waals surface area contributed by atoms with Crippen LogP contribution in [0.3, 0.4) is 0 Å². The number of phenolic OH excluding ortho intramolecular Hbond substituents is 1. The summed E-state index contributed by atoms with van der Waals surface area (Å²) in [5, 5.41) is 20.8. The minimum absolute atomic E-state index is 0.00366. The fourth-order valence-electron chi connectivity index (χ4n) is 3.32. The number of hydrogen-bond donors (Lipinski definition) is 2. The molecule has 3 rings (SSSR count). The number of hydrogen-bond acceptors (Lipinski definition) is 5. The van der Waals surface area contributed by atoms with Crippen molar-refractivity contribution in [1.29, 1.82) is 0 Å². The maximum absolute atomic E-state index is 12.9. The Morgan fingerprint density at radius 3 is 2.48 bits per heavy atom. The van der Waals surface area contributed by atoms with Crippen LogP contribution >= 0.6 is 0 Å². The van der Waals surface area contributed by atoms with E-state index in [1.165, 1.54) is 11.0 Å². The third-order valence-corrected chi connectivity index (χ3v) is 4.52. The van der Waals surface area contributed by atoms with Crippen LogP contribution in [0.2, 0.25) is 0 Å². The Kier molecular flexibility index (Phi) is 4.83. The first-order valence-electron chi connectivity index (χ1n) is 8.86. The third kappa shape index (κ3) is 3.35. The Balaban J connectivity index is 2.18. The van der Waals surface area contributed by atoms with Gasteiger partial charge in [-0.05, 0) is 49.6 Å². The number of ketones is 1. The van der Waals surface area contributed by atoms with E-state index in [1.54, 1.807) is 31.2 Å². The Bertz CT molecular complexity index is 938. The van der Waals surface area contributed by atoms with Crippen LogP contribution in [0.5, 0.6) is 5.75 Å². The number of nitrogens with zero attached hydrogens (tertiary/aromatic N) is 1. The van der Waals surface area contributed by atoms with Crippen molar-refractivity contribution in [3.63, 3.8) is 0 Å². The van der Waals surface area contributed by atoms with Crippen LogP contribution in [0, 0.1) is 19.8 Å². The van der Waals surface area contributed by atoms with E-state index >= 15 is 0 Å². The van der Waals surface area contributed by atoms with Gasteiger partial charge in [-0.2, -0.15) is 0 Å². The molecule has 1 aromatic carbocycles. The highest BCUT2D eigenvalue weighted by Gasteiger charge is 2.46. The monoisotopic (exact) mass is 369 g/mol. The quantitative estimate of drug-likeness (QED) is 0.827. The highest BCUT2D eigenvalue weighted by molar-refractivity contribution is 6.16. The number of Topliss-reactive ketones (excluding diaryl/α,β-unsaturated/α-hetero) is 1. The smallest absolute Gasteiger partial charge is 0.294 e. The van der Waals surface area contributed by atoms with Gasteiger partial charge in [0, 0.05) is 6.42 Å². The molecule has 142 valence electrons. The van der Waals surface area contributed by atoms with Gasteiger partial charge in [-0.15, -0.1) is 0 Å². The lowest BCUT2D eigenvalue weighted by atomic mass is 9.95. The molecule has 1 aliphatic heterocycles. The first-order chi connectivity index (χ1) is 12.7. The van der Waals surface area contributed by atoms with Crippen LogP contribution in [-0.4, -0.2) is 21.9 Å². The van der Waals surface area contributed by atoms with E-state index in [4.69, 9.17) is 4.42 Å².